The highest BCUT2D eigenvalue weighted by Gasteiger charge is 2.41. The average Bonchev–Trinajstić information content (AvgIpc) is 3.44. The van der Waals surface area contributed by atoms with Crippen molar-refractivity contribution in [2.24, 2.45) is 0 Å². The van der Waals surface area contributed by atoms with Gasteiger partial charge in [-0.15, -0.1) is 0 Å². The first-order valence-corrected chi connectivity index (χ1v) is 11.7. The van der Waals surface area contributed by atoms with Gasteiger partial charge in [-0.05, 0) is 67.7 Å². The smallest absolute Gasteiger partial charge is 0.331 e. The van der Waals surface area contributed by atoms with Gasteiger partial charge in [-0.1, -0.05) is 6.07 Å². The normalized spacial score (nSPS) is 19.7. The summed E-state index contributed by atoms with van der Waals surface area (Å²) in [6, 6.07) is 3.39. The zero-order valence-corrected chi connectivity index (χ0v) is 17.8. The van der Waals surface area contributed by atoms with E-state index in [1.165, 1.54) is 22.3 Å². The maximum Gasteiger partial charge on any atom is 0.331 e. The molecule has 0 radical (unpaired) electrons. The molecule has 30 heavy (non-hydrogen) atoms. The van der Waals surface area contributed by atoms with Crippen LogP contribution >= 0.6 is 0 Å². The summed E-state index contributed by atoms with van der Waals surface area (Å²) in [5.74, 6) is 0. The molecule has 160 valence electrons. The van der Waals surface area contributed by atoms with Gasteiger partial charge in [0.15, 0.2) is 21.6 Å². The lowest BCUT2D eigenvalue weighted by atomic mass is 9.98. The summed E-state index contributed by atoms with van der Waals surface area (Å²) in [4.78, 5) is 12.7. The standard InChI is InChI=1S/C21H26N4O4S/c1-2-25-17(21(27)11-29-12-21)10-18(23-25)30(28)24-20(26)22-19-15-7-3-5-13(15)9-14-6-4-8-16(14)19/h9-10,27H,2-8,11-12H2,1H3,(H2,22,24,26). The van der Waals surface area contributed by atoms with E-state index in [0.29, 0.717) is 12.2 Å². The summed E-state index contributed by atoms with van der Waals surface area (Å²) < 4.78 is 22.0. The van der Waals surface area contributed by atoms with Crippen LogP contribution in [0.3, 0.4) is 0 Å². The van der Waals surface area contributed by atoms with Gasteiger partial charge in [0.25, 0.3) is 0 Å². The number of aromatic nitrogens is 2. The Labute approximate surface area is 177 Å². The molecular weight excluding hydrogens is 404 g/mol. The van der Waals surface area contributed by atoms with Gasteiger partial charge in [0.2, 0.25) is 0 Å². The monoisotopic (exact) mass is 430 g/mol. The summed E-state index contributed by atoms with van der Waals surface area (Å²) in [5.41, 5.74) is 5.46. The Morgan fingerprint density at radius 2 is 1.87 bits per heavy atom. The molecule has 1 saturated heterocycles. The largest absolute Gasteiger partial charge is 0.379 e. The fourth-order valence-corrected chi connectivity index (χ4v) is 5.50. The van der Waals surface area contributed by atoms with Crippen molar-refractivity contribution in [2.75, 3.05) is 18.5 Å². The molecule has 8 nitrogen and oxygen atoms in total. The van der Waals surface area contributed by atoms with Crippen LogP contribution in [0.2, 0.25) is 0 Å². The van der Waals surface area contributed by atoms with Gasteiger partial charge in [0.1, 0.15) is 0 Å². The third-order valence-corrected chi connectivity index (χ3v) is 7.25. The van der Waals surface area contributed by atoms with Gasteiger partial charge in [-0.25, -0.2) is 9.00 Å². The van der Waals surface area contributed by atoms with Gasteiger partial charge in [0, 0.05) is 18.3 Å². The lowest BCUT2D eigenvalue weighted by Crippen LogP contribution is -2.48. The number of hydrogen-bond acceptors (Lipinski definition) is 5. The van der Waals surface area contributed by atoms with E-state index in [9.17, 15) is 14.1 Å². The van der Waals surface area contributed by atoms with Gasteiger partial charge in [0.05, 0.1) is 18.9 Å². The maximum absolute atomic E-state index is 12.8. The number of ether oxygens (including phenoxy) is 1. The fraction of sp³-hybridized carbons (Fsp3) is 0.524. The van der Waals surface area contributed by atoms with Crippen molar-refractivity contribution in [3.05, 3.63) is 40.1 Å². The number of rotatable bonds is 5. The molecule has 1 aromatic carbocycles. The first-order chi connectivity index (χ1) is 14.5. The van der Waals surface area contributed by atoms with Crippen LogP contribution in [-0.2, 0) is 53.6 Å². The summed E-state index contributed by atoms with van der Waals surface area (Å²) in [7, 11) is -1.83. The lowest BCUT2D eigenvalue weighted by molar-refractivity contribution is -0.188. The Kier molecular flexibility index (Phi) is 4.91. The zero-order valence-electron chi connectivity index (χ0n) is 17.0. The van der Waals surface area contributed by atoms with Crippen LogP contribution in [0.5, 0.6) is 0 Å². The third-order valence-electron chi connectivity index (χ3n) is 6.30. The molecule has 3 N–H and O–H groups in total. The molecule has 0 saturated carbocycles. The Hall–Kier alpha value is -2.23. The second-order valence-electron chi connectivity index (χ2n) is 8.27. The minimum absolute atomic E-state index is 0.183. The molecule has 2 heterocycles. The molecule has 2 aliphatic carbocycles. The van der Waals surface area contributed by atoms with E-state index in [0.717, 1.165) is 44.2 Å². The summed E-state index contributed by atoms with van der Waals surface area (Å²) in [5, 5.41) is 18.1. The minimum atomic E-state index is -1.83. The second-order valence-corrected chi connectivity index (χ2v) is 9.43. The molecule has 1 aliphatic heterocycles. The minimum Gasteiger partial charge on any atom is -0.379 e. The quantitative estimate of drug-likeness (QED) is 0.672. The number of urea groups is 1. The molecule has 1 atom stereocenters. The molecule has 1 fully saturated rings. The third kappa shape index (κ3) is 3.25. The number of aryl methyl sites for hydroxylation is 3. The summed E-state index contributed by atoms with van der Waals surface area (Å²) in [6.07, 6.45) is 6.23. The summed E-state index contributed by atoms with van der Waals surface area (Å²) >= 11 is 0. The van der Waals surface area contributed by atoms with E-state index in [1.807, 2.05) is 6.92 Å². The molecule has 9 heteroatoms. The Morgan fingerprint density at radius 3 is 2.43 bits per heavy atom. The van der Waals surface area contributed by atoms with Gasteiger partial charge < -0.3 is 15.2 Å². The second kappa shape index (κ2) is 7.47. The van der Waals surface area contributed by atoms with Crippen molar-refractivity contribution in [1.82, 2.24) is 14.5 Å². The number of aliphatic hydroxyl groups is 1. The van der Waals surface area contributed by atoms with Crippen LogP contribution in [0, 0.1) is 0 Å². The number of nitrogens with zero attached hydrogens (tertiary/aromatic N) is 2. The SMILES string of the molecule is CCn1nc(S(=O)NC(=O)Nc2c3c(cc4c2CCC4)CCC3)cc1C1(O)COC1. The first-order valence-electron chi connectivity index (χ1n) is 10.5. The molecule has 0 spiro atoms. The predicted molar refractivity (Wildman–Crippen MR) is 112 cm³/mol. The van der Waals surface area contributed by atoms with E-state index in [-0.39, 0.29) is 18.2 Å². The van der Waals surface area contributed by atoms with Gasteiger partial charge in [-0.2, -0.15) is 5.10 Å². The van der Waals surface area contributed by atoms with Crippen molar-refractivity contribution >= 4 is 22.7 Å². The van der Waals surface area contributed by atoms with Crippen LogP contribution < -0.4 is 10.0 Å². The van der Waals surface area contributed by atoms with Crippen LogP contribution in [0.25, 0.3) is 0 Å². The number of anilines is 1. The van der Waals surface area contributed by atoms with Gasteiger partial charge in [-0.3, -0.25) is 9.40 Å². The zero-order chi connectivity index (χ0) is 20.9. The number of carbonyl (C=O) groups is 1. The van der Waals surface area contributed by atoms with Crippen LogP contribution in [0.15, 0.2) is 17.2 Å². The Morgan fingerprint density at radius 1 is 1.20 bits per heavy atom. The van der Waals surface area contributed by atoms with E-state index >= 15 is 0 Å². The lowest BCUT2D eigenvalue weighted by Gasteiger charge is -2.36. The average molecular weight is 431 g/mol. The molecule has 1 aromatic heterocycles. The van der Waals surface area contributed by atoms with Crippen molar-refractivity contribution in [1.29, 1.82) is 0 Å². The maximum atomic E-state index is 12.8. The van der Waals surface area contributed by atoms with Crippen LogP contribution in [0.1, 0.15) is 47.7 Å². The van der Waals surface area contributed by atoms with E-state index in [2.05, 4.69) is 21.2 Å². The number of nitrogens with one attached hydrogen (secondary N) is 2. The highest BCUT2D eigenvalue weighted by Crippen LogP contribution is 2.38. The number of benzene rings is 1. The Bertz CT molecular complexity index is 1010. The molecule has 2 aromatic rings. The van der Waals surface area contributed by atoms with E-state index < -0.39 is 22.6 Å². The van der Waals surface area contributed by atoms with Crippen LogP contribution in [-0.4, -0.2) is 38.3 Å². The van der Waals surface area contributed by atoms with Crippen molar-refractivity contribution in [3.63, 3.8) is 0 Å². The topological polar surface area (TPSA) is 105 Å². The first kappa shape index (κ1) is 19.7. The number of amides is 2. The molecule has 3 aliphatic rings. The van der Waals surface area contributed by atoms with Crippen molar-refractivity contribution < 1.29 is 18.8 Å². The summed E-state index contributed by atoms with van der Waals surface area (Å²) in [6.45, 7) is 2.78. The number of hydrogen-bond donors (Lipinski definition) is 3. The fourth-order valence-electron chi connectivity index (χ4n) is 4.79. The molecule has 2 amide bonds. The van der Waals surface area contributed by atoms with Crippen molar-refractivity contribution in [2.45, 2.75) is 62.6 Å². The Balaban J connectivity index is 1.34. The van der Waals surface area contributed by atoms with Crippen molar-refractivity contribution in [3.8, 4) is 0 Å². The van der Waals surface area contributed by atoms with Crippen LogP contribution in [0.4, 0.5) is 10.5 Å². The molecule has 5 rings (SSSR count). The van der Waals surface area contributed by atoms with E-state index in [1.54, 1.807) is 10.7 Å². The number of carbonyl (C=O) groups excluding carboxylic acids is 1. The number of fused-ring (bicyclic) bond motifs is 2. The molecular formula is C21H26N4O4S. The highest BCUT2D eigenvalue weighted by molar-refractivity contribution is 7.83. The van der Waals surface area contributed by atoms with E-state index in [4.69, 9.17) is 4.74 Å². The molecule has 1 unspecified atom stereocenters. The van der Waals surface area contributed by atoms with Gasteiger partial charge >= 0.3 is 6.03 Å². The molecule has 0 bridgehead atoms. The highest BCUT2D eigenvalue weighted by atomic mass is 32.2. The predicted octanol–water partition coefficient (Wildman–Crippen LogP) is 1.94.